The smallest absolute Gasteiger partial charge is 0.174 e. The minimum Gasteiger partial charge on any atom is -0.497 e. The van der Waals surface area contributed by atoms with Crippen LogP contribution < -0.4 is 15.0 Å². The minimum absolute atomic E-state index is 0.0873. The molecule has 3 heterocycles. The number of hydrogen-bond acceptors (Lipinski definition) is 3. The van der Waals surface area contributed by atoms with Gasteiger partial charge in [0.2, 0.25) is 0 Å². The number of methoxy groups -OCH3 is 1. The molecule has 1 N–H and O–H groups in total. The largest absolute Gasteiger partial charge is 0.497 e. The Morgan fingerprint density at radius 3 is 2.55 bits per heavy atom. The Labute approximate surface area is 199 Å². The van der Waals surface area contributed by atoms with E-state index >= 15 is 0 Å². The van der Waals surface area contributed by atoms with Crippen LogP contribution in [0.5, 0.6) is 5.75 Å². The Balaban J connectivity index is 1.67. The normalized spacial score (nSPS) is 17.8. The number of thiocarbonyl (C=S) groups is 1. The van der Waals surface area contributed by atoms with E-state index in [0.29, 0.717) is 5.11 Å². The number of hydrogen-bond donors (Lipinski definition) is 1. The Morgan fingerprint density at radius 1 is 0.909 bits per heavy atom. The molecular weight excluding hydrogens is 428 g/mol. The van der Waals surface area contributed by atoms with E-state index in [1.807, 2.05) is 36.5 Å². The first kappa shape index (κ1) is 21.2. The number of benzene rings is 2. The number of aryl methyl sites for hydroxylation is 2. The zero-order chi connectivity index (χ0) is 22.9. The molecule has 0 saturated carbocycles. The molecular formula is C27H26N4OS. The van der Waals surface area contributed by atoms with Crippen molar-refractivity contribution in [2.75, 3.05) is 12.0 Å². The van der Waals surface area contributed by atoms with Crippen molar-refractivity contribution in [3.05, 3.63) is 108 Å². The first-order valence-electron chi connectivity index (χ1n) is 11.0. The summed E-state index contributed by atoms with van der Waals surface area (Å²) in [5, 5.41) is 4.24. The Bertz CT molecular complexity index is 1300. The minimum atomic E-state index is -0.0976. The van der Waals surface area contributed by atoms with Crippen molar-refractivity contribution < 1.29 is 4.74 Å². The van der Waals surface area contributed by atoms with Crippen LogP contribution in [0.15, 0.2) is 85.2 Å². The van der Waals surface area contributed by atoms with Gasteiger partial charge in [-0.1, -0.05) is 18.2 Å². The van der Waals surface area contributed by atoms with Gasteiger partial charge >= 0.3 is 0 Å². The van der Waals surface area contributed by atoms with Gasteiger partial charge in [0.1, 0.15) is 11.8 Å². The summed E-state index contributed by atoms with van der Waals surface area (Å²) in [7, 11) is 1.69. The molecule has 4 aromatic rings. The van der Waals surface area contributed by atoms with Gasteiger partial charge in [0, 0.05) is 35.5 Å². The molecule has 0 radical (unpaired) electrons. The molecule has 2 aromatic heterocycles. The van der Waals surface area contributed by atoms with Crippen LogP contribution in [0.4, 0.5) is 5.69 Å². The van der Waals surface area contributed by atoms with E-state index < -0.39 is 0 Å². The number of pyridine rings is 1. The van der Waals surface area contributed by atoms with E-state index in [-0.39, 0.29) is 12.1 Å². The third-order valence-electron chi connectivity index (χ3n) is 6.28. The monoisotopic (exact) mass is 454 g/mol. The van der Waals surface area contributed by atoms with Gasteiger partial charge in [-0.25, -0.2) is 0 Å². The maximum Gasteiger partial charge on any atom is 0.174 e. The fourth-order valence-electron chi connectivity index (χ4n) is 4.44. The number of anilines is 1. The predicted octanol–water partition coefficient (Wildman–Crippen LogP) is 5.67. The molecule has 166 valence electrons. The van der Waals surface area contributed by atoms with E-state index in [4.69, 9.17) is 17.0 Å². The predicted molar refractivity (Wildman–Crippen MR) is 136 cm³/mol. The zero-order valence-corrected chi connectivity index (χ0v) is 19.7. The Morgan fingerprint density at radius 2 is 1.79 bits per heavy atom. The van der Waals surface area contributed by atoms with E-state index in [0.717, 1.165) is 28.5 Å². The highest BCUT2D eigenvalue weighted by molar-refractivity contribution is 7.80. The third-order valence-corrected chi connectivity index (χ3v) is 6.60. The van der Waals surface area contributed by atoms with Crippen LogP contribution in [-0.4, -0.2) is 21.8 Å². The van der Waals surface area contributed by atoms with Crippen molar-refractivity contribution in [3.63, 3.8) is 0 Å². The molecule has 0 unspecified atom stereocenters. The van der Waals surface area contributed by atoms with Crippen LogP contribution in [0.25, 0.3) is 5.69 Å². The van der Waals surface area contributed by atoms with Gasteiger partial charge in [0.25, 0.3) is 0 Å². The third kappa shape index (κ3) is 3.87. The topological polar surface area (TPSA) is 42.3 Å². The fraction of sp³-hybridized carbons (Fsp3) is 0.185. The van der Waals surface area contributed by atoms with Gasteiger partial charge in [-0.15, -0.1) is 0 Å². The summed E-state index contributed by atoms with van der Waals surface area (Å²) >= 11 is 5.88. The lowest BCUT2D eigenvalue weighted by atomic mass is 10.00. The highest BCUT2D eigenvalue weighted by Gasteiger charge is 2.42. The van der Waals surface area contributed by atoms with Crippen LogP contribution in [0.1, 0.15) is 34.6 Å². The van der Waals surface area contributed by atoms with Crippen molar-refractivity contribution in [2.45, 2.75) is 25.9 Å². The molecule has 1 saturated heterocycles. The van der Waals surface area contributed by atoms with Crippen molar-refractivity contribution in [1.82, 2.24) is 14.9 Å². The van der Waals surface area contributed by atoms with Gasteiger partial charge in [0.15, 0.2) is 5.11 Å². The second kappa shape index (κ2) is 8.71. The van der Waals surface area contributed by atoms with Gasteiger partial charge < -0.3 is 19.5 Å². The highest BCUT2D eigenvalue weighted by atomic mass is 32.1. The van der Waals surface area contributed by atoms with Gasteiger partial charge in [-0.3, -0.25) is 4.98 Å². The number of nitrogens with one attached hydrogen (secondary N) is 1. The molecule has 1 aliphatic heterocycles. The van der Waals surface area contributed by atoms with Crippen molar-refractivity contribution in [1.29, 1.82) is 0 Å². The molecule has 0 spiro atoms. The number of rotatable bonds is 5. The summed E-state index contributed by atoms with van der Waals surface area (Å²) in [6, 6.07) is 24.6. The molecule has 2 atom stereocenters. The molecule has 2 aromatic carbocycles. The van der Waals surface area contributed by atoms with Crippen LogP contribution >= 0.6 is 12.2 Å². The molecule has 0 bridgehead atoms. The molecule has 5 rings (SSSR count). The Hall–Kier alpha value is -3.64. The molecule has 5 nitrogen and oxygen atoms in total. The van der Waals surface area contributed by atoms with E-state index in [1.165, 1.54) is 11.1 Å². The van der Waals surface area contributed by atoms with Crippen molar-refractivity contribution in [3.8, 4) is 11.4 Å². The lowest BCUT2D eigenvalue weighted by Gasteiger charge is -2.29. The van der Waals surface area contributed by atoms with Gasteiger partial charge in [0.05, 0.1) is 18.8 Å². The van der Waals surface area contributed by atoms with Crippen LogP contribution in [0.2, 0.25) is 0 Å². The van der Waals surface area contributed by atoms with E-state index in [1.54, 1.807) is 7.11 Å². The molecule has 0 amide bonds. The maximum absolute atomic E-state index is 5.88. The number of nitrogens with zero attached hydrogens (tertiary/aromatic N) is 3. The number of ether oxygens (including phenoxy) is 1. The average molecular weight is 455 g/mol. The second-order valence-electron chi connectivity index (χ2n) is 8.27. The number of aromatic nitrogens is 2. The fourth-order valence-corrected chi connectivity index (χ4v) is 4.79. The summed E-state index contributed by atoms with van der Waals surface area (Å²) in [6.07, 6.45) is 3.91. The first-order valence-corrected chi connectivity index (χ1v) is 11.4. The summed E-state index contributed by atoms with van der Waals surface area (Å²) in [6.45, 7) is 4.26. The zero-order valence-electron chi connectivity index (χ0n) is 18.9. The maximum atomic E-state index is 5.88. The highest BCUT2D eigenvalue weighted by Crippen LogP contribution is 2.42. The van der Waals surface area contributed by atoms with Gasteiger partial charge in [-0.2, -0.15) is 0 Å². The SMILES string of the molecule is COc1cccc(-n2cccc2[C@@H]2[C@H](c3ccccn3)NC(=S)N2c2ccc(C)c(C)c2)c1. The lowest BCUT2D eigenvalue weighted by Crippen LogP contribution is -2.30. The van der Waals surface area contributed by atoms with E-state index in [9.17, 15) is 0 Å². The molecule has 1 fully saturated rings. The van der Waals surface area contributed by atoms with Crippen LogP contribution in [-0.2, 0) is 0 Å². The first-order chi connectivity index (χ1) is 16.1. The average Bonchev–Trinajstić information content (AvgIpc) is 3.46. The summed E-state index contributed by atoms with van der Waals surface area (Å²) in [5.41, 5.74) is 6.66. The van der Waals surface area contributed by atoms with E-state index in [2.05, 4.69) is 82.3 Å². The Kier molecular flexibility index (Phi) is 5.60. The summed E-state index contributed by atoms with van der Waals surface area (Å²) < 4.78 is 7.67. The van der Waals surface area contributed by atoms with Crippen molar-refractivity contribution in [2.24, 2.45) is 0 Å². The van der Waals surface area contributed by atoms with Gasteiger partial charge in [-0.05, 0) is 85.7 Å². The molecule has 6 heteroatoms. The standard InChI is InChI=1S/C27H26N4OS/c1-18-12-13-21(16-19(18)2)31-26(25(29-27(31)33)23-10-4-5-14-28-23)24-11-7-15-30(24)20-8-6-9-22(17-20)32-3/h4-17,25-26H,1-3H3,(H,29,33)/t25-,26+/m0/s1. The molecule has 33 heavy (non-hydrogen) atoms. The quantitative estimate of drug-likeness (QED) is 0.393. The molecule has 0 aliphatic carbocycles. The van der Waals surface area contributed by atoms with Crippen LogP contribution in [0, 0.1) is 13.8 Å². The van der Waals surface area contributed by atoms with Crippen LogP contribution in [0.3, 0.4) is 0 Å². The second-order valence-corrected chi connectivity index (χ2v) is 8.66. The molecule has 1 aliphatic rings. The lowest BCUT2D eigenvalue weighted by molar-refractivity contribution is 0.414. The summed E-state index contributed by atoms with van der Waals surface area (Å²) in [5.74, 6) is 0.819. The summed E-state index contributed by atoms with van der Waals surface area (Å²) in [4.78, 5) is 6.88. The van der Waals surface area contributed by atoms with Crippen molar-refractivity contribution >= 4 is 23.0 Å².